The lowest BCUT2D eigenvalue weighted by Crippen LogP contribution is -2.45. The summed E-state index contributed by atoms with van der Waals surface area (Å²) < 4.78 is 11.7. The molecule has 0 bridgehead atoms. The summed E-state index contributed by atoms with van der Waals surface area (Å²) in [4.78, 5) is 27.7. The highest BCUT2D eigenvalue weighted by atomic mass is 16.5. The van der Waals surface area contributed by atoms with Gasteiger partial charge in [-0.3, -0.25) is 4.79 Å². The van der Waals surface area contributed by atoms with Crippen LogP contribution >= 0.6 is 0 Å². The van der Waals surface area contributed by atoms with Crippen molar-refractivity contribution in [2.45, 2.75) is 25.4 Å². The number of ether oxygens (including phenoxy) is 2. The smallest absolute Gasteiger partial charge is 0.236 e. The number of anilines is 1. The molecule has 40 heavy (non-hydrogen) atoms. The van der Waals surface area contributed by atoms with Gasteiger partial charge >= 0.3 is 0 Å². The van der Waals surface area contributed by atoms with Gasteiger partial charge in [0.25, 0.3) is 0 Å². The highest BCUT2D eigenvalue weighted by molar-refractivity contribution is 5.78. The van der Waals surface area contributed by atoms with Crippen LogP contribution in [0.1, 0.15) is 29.8 Å². The molecule has 0 atom stereocenters. The van der Waals surface area contributed by atoms with Crippen molar-refractivity contribution >= 4 is 11.6 Å². The first-order valence-electron chi connectivity index (χ1n) is 13.9. The first-order valence-corrected chi connectivity index (χ1v) is 13.9. The van der Waals surface area contributed by atoms with E-state index in [2.05, 4.69) is 40.2 Å². The second kappa shape index (κ2) is 12.9. The highest BCUT2D eigenvalue weighted by Gasteiger charge is 2.25. The van der Waals surface area contributed by atoms with Gasteiger partial charge in [-0.05, 0) is 56.1 Å². The standard InChI is InChI=1S/C31H36N6O3/c1-35(2)22-31(38)37-13-10-27(11-14-37)40-29-8-5-24(20-25(29)21-32)28-9-12-33-30(34-28)19-23-3-6-26(7-4-23)36-15-17-39-18-16-36/h3-9,12,20,27H,10-11,13-19,22H2,1-2H3. The molecule has 3 heterocycles. The molecular weight excluding hydrogens is 504 g/mol. The van der Waals surface area contributed by atoms with Gasteiger partial charge in [-0.1, -0.05) is 12.1 Å². The maximum Gasteiger partial charge on any atom is 0.236 e. The number of carbonyl (C=O) groups excluding carboxylic acids is 1. The number of piperidine rings is 1. The Morgan fingerprint density at radius 3 is 2.52 bits per heavy atom. The Hall–Kier alpha value is -4.00. The zero-order valence-electron chi connectivity index (χ0n) is 23.3. The van der Waals surface area contributed by atoms with Crippen LogP contribution in [0.15, 0.2) is 54.7 Å². The van der Waals surface area contributed by atoms with E-state index in [1.807, 2.05) is 48.2 Å². The van der Waals surface area contributed by atoms with Crippen molar-refractivity contribution in [3.63, 3.8) is 0 Å². The van der Waals surface area contributed by atoms with Gasteiger partial charge < -0.3 is 24.2 Å². The number of likely N-dealkylation sites (tertiary alicyclic amines) is 1. The van der Waals surface area contributed by atoms with Crippen molar-refractivity contribution in [2.75, 3.05) is 64.9 Å². The predicted octanol–water partition coefficient (Wildman–Crippen LogP) is 3.37. The summed E-state index contributed by atoms with van der Waals surface area (Å²) in [5.41, 5.74) is 4.44. The zero-order valence-corrected chi connectivity index (χ0v) is 23.3. The summed E-state index contributed by atoms with van der Waals surface area (Å²) in [5.74, 6) is 1.43. The van der Waals surface area contributed by atoms with Gasteiger partial charge in [0.1, 0.15) is 23.7 Å². The van der Waals surface area contributed by atoms with E-state index in [0.29, 0.717) is 37.4 Å². The lowest BCUT2D eigenvalue weighted by atomic mass is 10.1. The zero-order chi connectivity index (χ0) is 27.9. The fourth-order valence-electron chi connectivity index (χ4n) is 5.13. The van der Waals surface area contributed by atoms with Crippen LogP contribution in [0.3, 0.4) is 0 Å². The highest BCUT2D eigenvalue weighted by Crippen LogP contribution is 2.28. The van der Waals surface area contributed by atoms with Crippen LogP contribution < -0.4 is 9.64 Å². The summed E-state index contributed by atoms with van der Waals surface area (Å²) in [5, 5.41) is 9.85. The quantitative estimate of drug-likeness (QED) is 0.429. The summed E-state index contributed by atoms with van der Waals surface area (Å²) in [6.45, 7) is 5.10. The molecule has 2 aliphatic rings. The van der Waals surface area contributed by atoms with Gasteiger partial charge in [-0.25, -0.2) is 9.97 Å². The lowest BCUT2D eigenvalue weighted by Gasteiger charge is -2.33. The maximum atomic E-state index is 12.3. The molecule has 0 radical (unpaired) electrons. The van der Waals surface area contributed by atoms with Crippen LogP contribution in [-0.4, -0.2) is 91.8 Å². The van der Waals surface area contributed by atoms with Crippen LogP contribution in [-0.2, 0) is 16.0 Å². The van der Waals surface area contributed by atoms with Crippen LogP contribution in [0, 0.1) is 11.3 Å². The molecule has 0 saturated carbocycles. The molecule has 0 aliphatic carbocycles. The number of nitriles is 1. The van der Waals surface area contributed by atoms with E-state index in [1.165, 1.54) is 5.69 Å². The second-order valence-electron chi connectivity index (χ2n) is 10.6. The van der Waals surface area contributed by atoms with Crippen molar-refractivity contribution in [1.82, 2.24) is 19.8 Å². The third kappa shape index (κ3) is 6.95. The van der Waals surface area contributed by atoms with Crippen molar-refractivity contribution < 1.29 is 14.3 Å². The van der Waals surface area contributed by atoms with Crippen molar-refractivity contribution in [3.8, 4) is 23.1 Å². The van der Waals surface area contributed by atoms with Crippen molar-refractivity contribution in [1.29, 1.82) is 5.26 Å². The average molecular weight is 541 g/mol. The lowest BCUT2D eigenvalue weighted by molar-refractivity contribution is -0.133. The van der Waals surface area contributed by atoms with E-state index in [4.69, 9.17) is 14.5 Å². The second-order valence-corrected chi connectivity index (χ2v) is 10.6. The van der Waals surface area contributed by atoms with Crippen LogP contribution in [0.2, 0.25) is 0 Å². The fraction of sp³-hybridized carbons (Fsp3) is 0.419. The Labute approximate surface area is 236 Å². The minimum atomic E-state index is -0.0263. The Morgan fingerprint density at radius 1 is 1.07 bits per heavy atom. The molecule has 0 spiro atoms. The van der Waals surface area contributed by atoms with E-state index in [-0.39, 0.29) is 12.0 Å². The number of aromatic nitrogens is 2. The fourth-order valence-corrected chi connectivity index (χ4v) is 5.13. The third-order valence-corrected chi connectivity index (χ3v) is 7.32. The first kappa shape index (κ1) is 27.6. The Bertz CT molecular complexity index is 1340. The van der Waals surface area contributed by atoms with Crippen LogP contribution in [0.25, 0.3) is 11.3 Å². The van der Waals surface area contributed by atoms with Gasteiger partial charge in [-0.2, -0.15) is 5.26 Å². The Kier molecular flexibility index (Phi) is 8.89. The molecule has 2 saturated heterocycles. The topological polar surface area (TPSA) is 94.8 Å². The molecule has 3 aromatic rings. The molecule has 9 nitrogen and oxygen atoms in total. The van der Waals surface area contributed by atoms with Gasteiger partial charge in [0.2, 0.25) is 5.91 Å². The number of carbonyl (C=O) groups is 1. The molecular formula is C31H36N6O3. The summed E-state index contributed by atoms with van der Waals surface area (Å²) in [6, 6.07) is 18.3. The third-order valence-electron chi connectivity index (χ3n) is 7.32. The van der Waals surface area contributed by atoms with Crippen LogP contribution in [0.5, 0.6) is 5.75 Å². The average Bonchev–Trinajstić information content (AvgIpc) is 2.98. The summed E-state index contributed by atoms with van der Waals surface area (Å²) in [7, 11) is 3.79. The number of hydrogen-bond acceptors (Lipinski definition) is 8. The summed E-state index contributed by atoms with van der Waals surface area (Å²) >= 11 is 0. The van der Waals surface area contributed by atoms with E-state index >= 15 is 0 Å². The molecule has 9 heteroatoms. The molecule has 2 aromatic carbocycles. The number of hydrogen-bond donors (Lipinski definition) is 0. The normalized spacial score (nSPS) is 16.1. The number of nitrogens with zero attached hydrogens (tertiary/aromatic N) is 6. The number of benzene rings is 2. The molecule has 0 N–H and O–H groups in total. The largest absolute Gasteiger partial charge is 0.489 e. The Morgan fingerprint density at radius 2 is 1.82 bits per heavy atom. The molecule has 1 amide bonds. The minimum absolute atomic E-state index is 0.0263. The number of rotatable bonds is 8. The van der Waals surface area contributed by atoms with E-state index in [1.54, 1.807) is 6.20 Å². The van der Waals surface area contributed by atoms with Crippen molar-refractivity contribution in [3.05, 3.63) is 71.7 Å². The molecule has 1 aromatic heterocycles. The molecule has 2 aliphatic heterocycles. The Balaban J connectivity index is 1.21. The van der Waals surface area contributed by atoms with E-state index in [0.717, 1.165) is 61.8 Å². The van der Waals surface area contributed by atoms with Gasteiger partial charge in [0, 0.05) is 62.9 Å². The first-order chi connectivity index (χ1) is 19.5. The van der Waals surface area contributed by atoms with Gasteiger partial charge in [-0.15, -0.1) is 0 Å². The van der Waals surface area contributed by atoms with Crippen LogP contribution in [0.4, 0.5) is 5.69 Å². The number of morpholine rings is 1. The van der Waals surface area contributed by atoms with E-state index in [9.17, 15) is 10.1 Å². The molecule has 0 unspecified atom stereocenters. The number of amides is 1. The van der Waals surface area contributed by atoms with E-state index < -0.39 is 0 Å². The molecule has 5 rings (SSSR count). The molecule has 208 valence electrons. The molecule has 2 fully saturated rings. The summed E-state index contributed by atoms with van der Waals surface area (Å²) in [6.07, 6.45) is 3.85. The minimum Gasteiger partial charge on any atom is -0.489 e. The van der Waals surface area contributed by atoms with Gasteiger partial charge in [0.05, 0.1) is 31.0 Å². The van der Waals surface area contributed by atoms with Crippen molar-refractivity contribution in [2.24, 2.45) is 0 Å². The SMILES string of the molecule is CN(C)CC(=O)N1CCC(Oc2ccc(-c3ccnc(Cc4ccc(N5CCOCC5)cc4)n3)cc2C#N)CC1. The predicted molar refractivity (Wildman–Crippen MR) is 153 cm³/mol. The monoisotopic (exact) mass is 540 g/mol. The maximum absolute atomic E-state index is 12.3. The van der Waals surface area contributed by atoms with Gasteiger partial charge in [0.15, 0.2) is 0 Å². The number of likely N-dealkylation sites (N-methyl/N-ethyl adjacent to an activating group) is 1.